The van der Waals surface area contributed by atoms with Gasteiger partial charge in [-0.25, -0.2) is 0 Å². The summed E-state index contributed by atoms with van der Waals surface area (Å²) in [4.78, 5) is 13.4. The van der Waals surface area contributed by atoms with Gasteiger partial charge in [-0.1, -0.05) is 12.1 Å². The number of rotatable bonds is 5. The highest BCUT2D eigenvalue weighted by molar-refractivity contribution is 7.10. The number of hydrogen-bond donors (Lipinski definition) is 2. The normalized spacial score (nSPS) is 15.3. The van der Waals surface area contributed by atoms with Crippen LogP contribution in [0, 0.1) is 0 Å². The van der Waals surface area contributed by atoms with Crippen molar-refractivity contribution in [3.05, 3.63) is 70.3 Å². The molecule has 4 rings (SSSR count). The zero-order valence-electron chi connectivity index (χ0n) is 13.8. The molecular formula is C19H17NO5S. The molecule has 1 aliphatic heterocycles. The number of hydrogen-bond acceptors (Lipinski definition) is 6. The first-order valence-electron chi connectivity index (χ1n) is 8.15. The fourth-order valence-corrected chi connectivity index (χ4v) is 3.71. The van der Waals surface area contributed by atoms with Gasteiger partial charge in [0, 0.05) is 4.88 Å². The standard InChI is InChI=1S/C19H17NO5S/c21-18(13-4-1-5-14-17(13)25-10-9-23-14)20-12-19(22,15-6-2-8-24-15)16-7-3-11-26-16/h1-8,11,22H,9-10,12H2,(H,20,21). The van der Waals surface area contributed by atoms with Gasteiger partial charge >= 0.3 is 0 Å². The summed E-state index contributed by atoms with van der Waals surface area (Å²) in [6.45, 7) is 0.807. The van der Waals surface area contributed by atoms with Crippen molar-refractivity contribution in [1.82, 2.24) is 5.32 Å². The smallest absolute Gasteiger partial charge is 0.255 e. The predicted molar refractivity (Wildman–Crippen MR) is 95.8 cm³/mol. The highest BCUT2D eigenvalue weighted by Crippen LogP contribution is 2.35. The molecule has 1 amide bonds. The molecule has 0 fully saturated rings. The van der Waals surface area contributed by atoms with Crippen LogP contribution in [0.4, 0.5) is 0 Å². The van der Waals surface area contributed by atoms with Crippen LogP contribution in [0.3, 0.4) is 0 Å². The van der Waals surface area contributed by atoms with E-state index in [1.807, 2.05) is 11.4 Å². The molecule has 0 saturated heterocycles. The lowest BCUT2D eigenvalue weighted by molar-refractivity contribution is 0.0552. The largest absolute Gasteiger partial charge is 0.486 e. The van der Waals surface area contributed by atoms with E-state index in [0.29, 0.717) is 40.9 Å². The van der Waals surface area contributed by atoms with Crippen molar-refractivity contribution >= 4 is 17.2 Å². The van der Waals surface area contributed by atoms with E-state index >= 15 is 0 Å². The molecule has 0 spiro atoms. The molecule has 26 heavy (non-hydrogen) atoms. The van der Waals surface area contributed by atoms with Crippen LogP contribution in [-0.4, -0.2) is 30.8 Å². The first-order valence-corrected chi connectivity index (χ1v) is 9.03. The third-order valence-electron chi connectivity index (χ3n) is 4.17. The van der Waals surface area contributed by atoms with Crippen molar-refractivity contribution in [1.29, 1.82) is 0 Å². The summed E-state index contributed by atoms with van der Waals surface area (Å²) in [5.74, 6) is 0.987. The molecule has 3 heterocycles. The second-order valence-corrected chi connectivity index (χ2v) is 6.78. The number of ether oxygens (including phenoxy) is 2. The second kappa shape index (κ2) is 6.86. The summed E-state index contributed by atoms with van der Waals surface area (Å²) in [6.07, 6.45) is 1.49. The summed E-state index contributed by atoms with van der Waals surface area (Å²) in [5, 5.41) is 15.9. The minimum absolute atomic E-state index is 0.0373. The Hall–Kier alpha value is -2.77. The molecule has 1 atom stereocenters. The van der Waals surface area contributed by atoms with Crippen LogP contribution in [0.15, 0.2) is 58.5 Å². The molecule has 0 bridgehead atoms. The Morgan fingerprint density at radius 2 is 2.04 bits per heavy atom. The Kier molecular flexibility index (Phi) is 4.40. The monoisotopic (exact) mass is 371 g/mol. The van der Waals surface area contributed by atoms with Gasteiger partial charge < -0.3 is 24.3 Å². The Bertz CT molecular complexity index is 855. The van der Waals surface area contributed by atoms with Crippen molar-refractivity contribution in [3.63, 3.8) is 0 Å². The molecule has 2 aromatic heterocycles. The third-order valence-corrected chi connectivity index (χ3v) is 5.19. The van der Waals surface area contributed by atoms with E-state index in [2.05, 4.69) is 5.32 Å². The van der Waals surface area contributed by atoms with E-state index in [1.165, 1.54) is 17.6 Å². The van der Waals surface area contributed by atoms with Crippen LogP contribution in [-0.2, 0) is 5.60 Å². The Balaban J connectivity index is 1.58. The van der Waals surface area contributed by atoms with Gasteiger partial charge in [0.2, 0.25) is 0 Å². The first kappa shape index (κ1) is 16.7. The number of carbonyl (C=O) groups is 1. The molecule has 7 heteroatoms. The van der Waals surface area contributed by atoms with Crippen LogP contribution in [0.25, 0.3) is 0 Å². The quantitative estimate of drug-likeness (QED) is 0.721. The fourth-order valence-electron chi connectivity index (χ4n) is 2.88. The van der Waals surface area contributed by atoms with Gasteiger partial charge in [-0.3, -0.25) is 4.79 Å². The van der Waals surface area contributed by atoms with Crippen LogP contribution in [0.2, 0.25) is 0 Å². The summed E-state index contributed by atoms with van der Waals surface area (Å²) < 4.78 is 16.5. The van der Waals surface area contributed by atoms with Crippen molar-refractivity contribution in [2.45, 2.75) is 5.60 Å². The number of benzene rings is 1. The summed E-state index contributed by atoms with van der Waals surface area (Å²) in [6, 6.07) is 12.2. The van der Waals surface area contributed by atoms with Crippen molar-refractivity contribution in [2.24, 2.45) is 0 Å². The van der Waals surface area contributed by atoms with Gasteiger partial charge in [-0.05, 0) is 35.7 Å². The molecule has 3 aromatic rings. The Labute approximate surface area is 154 Å². The van der Waals surface area contributed by atoms with Crippen molar-refractivity contribution in [3.8, 4) is 11.5 Å². The van der Waals surface area contributed by atoms with Crippen LogP contribution >= 0.6 is 11.3 Å². The molecule has 0 radical (unpaired) electrons. The van der Waals surface area contributed by atoms with Gasteiger partial charge in [-0.2, -0.15) is 0 Å². The molecule has 134 valence electrons. The summed E-state index contributed by atoms with van der Waals surface area (Å²) >= 11 is 1.39. The molecule has 1 unspecified atom stereocenters. The minimum Gasteiger partial charge on any atom is -0.486 e. The molecular weight excluding hydrogens is 354 g/mol. The van der Waals surface area contributed by atoms with Crippen LogP contribution in [0.1, 0.15) is 21.0 Å². The highest BCUT2D eigenvalue weighted by Gasteiger charge is 2.36. The topological polar surface area (TPSA) is 80.9 Å². The van der Waals surface area contributed by atoms with Gasteiger partial charge in [0.15, 0.2) is 17.1 Å². The summed E-state index contributed by atoms with van der Waals surface area (Å²) in [5.41, 5.74) is -1.07. The molecule has 1 aliphatic rings. The molecule has 6 nitrogen and oxygen atoms in total. The number of para-hydroxylation sites is 1. The number of furan rings is 1. The van der Waals surface area contributed by atoms with Gasteiger partial charge in [0.1, 0.15) is 19.0 Å². The van der Waals surface area contributed by atoms with Crippen LogP contribution in [0.5, 0.6) is 11.5 Å². The zero-order chi connectivity index (χ0) is 18.0. The van der Waals surface area contributed by atoms with E-state index in [1.54, 1.807) is 36.4 Å². The number of thiophene rings is 1. The maximum Gasteiger partial charge on any atom is 0.255 e. The van der Waals surface area contributed by atoms with Crippen LogP contribution < -0.4 is 14.8 Å². The number of fused-ring (bicyclic) bond motifs is 1. The lowest BCUT2D eigenvalue weighted by atomic mass is 9.98. The van der Waals surface area contributed by atoms with Crippen molar-refractivity contribution < 1.29 is 23.8 Å². The second-order valence-electron chi connectivity index (χ2n) is 5.83. The number of aliphatic hydroxyl groups is 1. The van der Waals surface area contributed by atoms with Gasteiger partial charge in [0.25, 0.3) is 5.91 Å². The third kappa shape index (κ3) is 2.95. The fraction of sp³-hybridized carbons (Fsp3) is 0.211. The average Bonchev–Trinajstić information content (AvgIpc) is 3.39. The molecule has 0 saturated carbocycles. The molecule has 2 N–H and O–H groups in total. The minimum atomic E-state index is -1.44. The van der Waals surface area contributed by atoms with Crippen molar-refractivity contribution in [2.75, 3.05) is 19.8 Å². The predicted octanol–water partition coefficient (Wildman–Crippen LogP) is 2.78. The SMILES string of the molecule is O=C(NCC(O)(c1ccco1)c1cccs1)c1cccc2c1OCCO2. The van der Waals surface area contributed by atoms with E-state index in [0.717, 1.165) is 0 Å². The number of nitrogens with one attached hydrogen (secondary N) is 1. The Morgan fingerprint density at radius 3 is 2.81 bits per heavy atom. The first-order chi connectivity index (χ1) is 12.7. The highest BCUT2D eigenvalue weighted by atomic mass is 32.1. The average molecular weight is 371 g/mol. The van der Waals surface area contributed by atoms with Gasteiger partial charge in [-0.15, -0.1) is 11.3 Å². The molecule has 1 aromatic carbocycles. The van der Waals surface area contributed by atoms with E-state index < -0.39 is 5.60 Å². The van der Waals surface area contributed by atoms with Gasteiger partial charge in [0.05, 0.1) is 18.4 Å². The maximum atomic E-state index is 12.7. The number of amides is 1. The lowest BCUT2D eigenvalue weighted by Crippen LogP contribution is -2.41. The van der Waals surface area contributed by atoms with E-state index in [9.17, 15) is 9.90 Å². The summed E-state index contributed by atoms with van der Waals surface area (Å²) in [7, 11) is 0. The zero-order valence-corrected chi connectivity index (χ0v) is 14.6. The Morgan fingerprint density at radius 1 is 1.15 bits per heavy atom. The molecule has 0 aliphatic carbocycles. The van der Waals surface area contributed by atoms with E-state index in [-0.39, 0.29) is 12.5 Å². The van der Waals surface area contributed by atoms with E-state index in [4.69, 9.17) is 13.9 Å². The number of carbonyl (C=O) groups excluding carboxylic acids is 1. The lowest BCUT2D eigenvalue weighted by Gasteiger charge is -2.26. The maximum absolute atomic E-state index is 12.7.